The molecule has 1 atom stereocenters. The number of likely N-dealkylation sites (N-methyl/N-ethyl adjacent to an activating group) is 1. The SMILES string of the molecule is Cc1cc(C)cc(C(=O)N(C)[C@@H](Cc2ccc(-c3ccccc3)cc2)C(=O)O)c1. The minimum absolute atomic E-state index is 0.247. The maximum absolute atomic E-state index is 12.9. The summed E-state index contributed by atoms with van der Waals surface area (Å²) in [6, 6.07) is 22.4. The molecule has 0 spiro atoms. The summed E-state index contributed by atoms with van der Waals surface area (Å²) in [5.41, 5.74) is 5.51. The molecule has 29 heavy (non-hydrogen) atoms. The van der Waals surface area contributed by atoms with Crippen molar-refractivity contribution in [2.45, 2.75) is 26.3 Å². The fourth-order valence-electron chi connectivity index (χ4n) is 3.52. The second kappa shape index (κ2) is 8.74. The highest BCUT2D eigenvalue weighted by Gasteiger charge is 2.27. The number of carbonyl (C=O) groups excluding carboxylic acids is 1. The van der Waals surface area contributed by atoms with Gasteiger partial charge in [0.15, 0.2) is 0 Å². The smallest absolute Gasteiger partial charge is 0.326 e. The molecule has 0 heterocycles. The van der Waals surface area contributed by atoms with Gasteiger partial charge in [-0.25, -0.2) is 4.79 Å². The maximum Gasteiger partial charge on any atom is 0.326 e. The normalized spacial score (nSPS) is 11.7. The maximum atomic E-state index is 12.9. The minimum atomic E-state index is -1.02. The van der Waals surface area contributed by atoms with Crippen LogP contribution in [0.4, 0.5) is 0 Å². The Balaban J connectivity index is 1.79. The molecule has 148 valence electrons. The van der Waals surface area contributed by atoms with Crippen LogP contribution in [0.3, 0.4) is 0 Å². The lowest BCUT2D eigenvalue weighted by molar-refractivity contribution is -0.141. The molecule has 3 aromatic rings. The van der Waals surface area contributed by atoms with Crippen LogP contribution in [-0.4, -0.2) is 35.0 Å². The van der Waals surface area contributed by atoms with Gasteiger partial charge < -0.3 is 10.0 Å². The average molecular weight is 387 g/mol. The monoisotopic (exact) mass is 387 g/mol. The fraction of sp³-hybridized carbons (Fsp3) is 0.200. The number of benzene rings is 3. The van der Waals surface area contributed by atoms with E-state index in [0.717, 1.165) is 27.8 Å². The van der Waals surface area contributed by atoms with Gasteiger partial charge in [-0.15, -0.1) is 0 Å². The molecule has 0 aliphatic carbocycles. The van der Waals surface area contributed by atoms with Crippen LogP contribution in [0.5, 0.6) is 0 Å². The summed E-state index contributed by atoms with van der Waals surface area (Å²) in [6.07, 6.45) is 0.247. The van der Waals surface area contributed by atoms with Gasteiger partial charge in [0.05, 0.1) is 0 Å². The van der Waals surface area contributed by atoms with Crippen LogP contribution < -0.4 is 0 Å². The average Bonchev–Trinajstić information content (AvgIpc) is 2.71. The fourth-order valence-corrected chi connectivity index (χ4v) is 3.52. The van der Waals surface area contributed by atoms with Gasteiger partial charge in [-0.2, -0.15) is 0 Å². The van der Waals surface area contributed by atoms with E-state index in [4.69, 9.17) is 0 Å². The number of aliphatic carboxylic acids is 1. The number of hydrogen-bond acceptors (Lipinski definition) is 2. The van der Waals surface area contributed by atoms with Gasteiger partial charge in [-0.3, -0.25) is 4.79 Å². The van der Waals surface area contributed by atoms with Crippen molar-refractivity contribution in [3.8, 4) is 11.1 Å². The molecule has 0 radical (unpaired) electrons. The quantitative estimate of drug-likeness (QED) is 0.665. The Morgan fingerprint density at radius 3 is 1.97 bits per heavy atom. The van der Waals surface area contributed by atoms with E-state index in [-0.39, 0.29) is 12.3 Å². The highest BCUT2D eigenvalue weighted by molar-refractivity contribution is 5.96. The van der Waals surface area contributed by atoms with Gasteiger partial charge in [-0.1, -0.05) is 71.8 Å². The zero-order valence-electron chi connectivity index (χ0n) is 16.9. The molecular weight excluding hydrogens is 362 g/mol. The molecule has 4 nitrogen and oxygen atoms in total. The van der Waals surface area contributed by atoms with Gasteiger partial charge in [0.1, 0.15) is 6.04 Å². The summed E-state index contributed by atoms with van der Waals surface area (Å²) in [6.45, 7) is 3.85. The number of carboxylic acid groups (broad SMARTS) is 1. The molecule has 0 aromatic heterocycles. The Morgan fingerprint density at radius 2 is 1.41 bits per heavy atom. The number of amides is 1. The van der Waals surface area contributed by atoms with E-state index < -0.39 is 12.0 Å². The number of rotatable bonds is 6. The number of nitrogens with zero attached hydrogens (tertiary/aromatic N) is 1. The van der Waals surface area contributed by atoms with Crippen LogP contribution in [0.2, 0.25) is 0 Å². The molecule has 0 bridgehead atoms. The van der Waals surface area contributed by atoms with Gasteiger partial charge in [0.25, 0.3) is 5.91 Å². The second-order valence-corrected chi connectivity index (χ2v) is 7.41. The van der Waals surface area contributed by atoms with E-state index >= 15 is 0 Å². The Bertz CT molecular complexity index is 990. The van der Waals surface area contributed by atoms with Crippen molar-refractivity contribution in [1.82, 2.24) is 4.90 Å². The van der Waals surface area contributed by atoms with Crippen molar-refractivity contribution in [3.63, 3.8) is 0 Å². The highest BCUT2D eigenvalue weighted by atomic mass is 16.4. The van der Waals surface area contributed by atoms with Crippen molar-refractivity contribution < 1.29 is 14.7 Å². The topological polar surface area (TPSA) is 57.6 Å². The zero-order valence-corrected chi connectivity index (χ0v) is 16.9. The Morgan fingerprint density at radius 1 is 0.862 bits per heavy atom. The molecular formula is C25H25NO3. The number of aryl methyl sites for hydroxylation is 2. The molecule has 0 saturated heterocycles. The number of carbonyl (C=O) groups is 2. The third kappa shape index (κ3) is 4.91. The molecule has 3 rings (SSSR count). The summed E-state index contributed by atoms with van der Waals surface area (Å²) >= 11 is 0. The van der Waals surface area contributed by atoms with E-state index in [2.05, 4.69) is 0 Å². The van der Waals surface area contributed by atoms with E-state index in [1.807, 2.05) is 74.5 Å². The summed E-state index contributed by atoms with van der Waals surface area (Å²) in [7, 11) is 1.55. The molecule has 3 aromatic carbocycles. The number of hydrogen-bond donors (Lipinski definition) is 1. The van der Waals surface area contributed by atoms with Gasteiger partial charge in [0.2, 0.25) is 0 Å². The van der Waals surface area contributed by atoms with Crippen molar-refractivity contribution in [1.29, 1.82) is 0 Å². The summed E-state index contributed by atoms with van der Waals surface area (Å²) in [5.74, 6) is -1.30. The van der Waals surface area contributed by atoms with Crippen molar-refractivity contribution in [2.24, 2.45) is 0 Å². The first-order chi connectivity index (χ1) is 13.8. The first-order valence-corrected chi connectivity index (χ1v) is 9.58. The van der Waals surface area contributed by atoms with Crippen molar-refractivity contribution >= 4 is 11.9 Å². The molecule has 1 N–H and O–H groups in total. The highest BCUT2D eigenvalue weighted by Crippen LogP contribution is 2.21. The summed E-state index contributed by atoms with van der Waals surface area (Å²) in [5, 5.41) is 9.75. The number of carboxylic acids is 1. The van der Waals surface area contributed by atoms with Gasteiger partial charge in [-0.05, 0) is 42.7 Å². The van der Waals surface area contributed by atoms with Gasteiger partial charge in [0, 0.05) is 19.0 Å². The van der Waals surface area contributed by atoms with Crippen LogP contribution in [0.15, 0.2) is 72.8 Å². The zero-order chi connectivity index (χ0) is 21.0. The van der Waals surface area contributed by atoms with Gasteiger partial charge >= 0.3 is 5.97 Å². The molecule has 0 unspecified atom stereocenters. The third-order valence-electron chi connectivity index (χ3n) is 5.03. The predicted octanol–water partition coefficient (Wildman–Crippen LogP) is 4.74. The Kier molecular flexibility index (Phi) is 6.13. The summed E-state index contributed by atoms with van der Waals surface area (Å²) < 4.78 is 0. The molecule has 4 heteroatoms. The van der Waals surface area contributed by atoms with E-state index in [9.17, 15) is 14.7 Å². The Labute approximate surface area is 171 Å². The van der Waals surface area contributed by atoms with Crippen LogP contribution in [0.1, 0.15) is 27.0 Å². The minimum Gasteiger partial charge on any atom is -0.480 e. The predicted molar refractivity (Wildman–Crippen MR) is 115 cm³/mol. The molecule has 0 aliphatic heterocycles. The van der Waals surface area contributed by atoms with Crippen molar-refractivity contribution in [3.05, 3.63) is 95.1 Å². The van der Waals surface area contributed by atoms with E-state index in [0.29, 0.717) is 5.56 Å². The lowest BCUT2D eigenvalue weighted by atomic mass is 9.99. The summed E-state index contributed by atoms with van der Waals surface area (Å²) in [4.78, 5) is 26.1. The standard InChI is InChI=1S/C25H25NO3/c1-17-13-18(2)15-22(14-17)24(27)26(3)23(25(28)29)16-19-9-11-21(12-10-19)20-7-5-4-6-8-20/h4-15,23H,16H2,1-3H3,(H,28,29)/t23-/m0/s1. The molecule has 1 amide bonds. The lowest BCUT2D eigenvalue weighted by Crippen LogP contribution is -2.43. The first-order valence-electron chi connectivity index (χ1n) is 9.58. The molecule has 0 saturated carbocycles. The van der Waals surface area contributed by atoms with E-state index in [1.165, 1.54) is 4.90 Å². The largest absolute Gasteiger partial charge is 0.480 e. The lowest BCUT2D eigenvalue weighted by Gasteiger charge is -2.25. The van der Waals surface area contributed by atoms with Crippen LogP contribution >= 0.6 is 0 Å². The Hall–Kier alpha value is -3.40. The van der Waals surface area contributed by atoms with Crippen LogP contribution in [-0.2, 0) is 11.2 Å². The first kappa shape index (κ1) is 20.3. The van der Waals surface area contributed by atoms with Crippen LogP contribution in [0.25, 0.3) is 11.1 Å². The van der Waals surface area contributed by atoms with E-state index in [1.54, 1.807) is 19.2 Å². The molecule has 0 fully saturated rings. The van der Waals surface area contributed by atoms with Crippen molar-refractivity contribution in [2.75, 3.05) is 7.05 Å². The van der Waals surface area contributed by atoms with Crippen LogP contribution in [0, 0.1) is 13.8 Å². The third-order valence-corrected chi connectivity index (χ3v) is 5.03. The second-order valence-electron chi connectivity index (χ2n) is 7.41. The molecule has 0 aliphatic rings.